The lowest BCUT2D eigenvalue weighted by molar-refractivity contribution is 0.0407. The molecule has 0 aromatic carbocycles. The number of nitrogens with zero attached hydrogens (tertiary/aromatic N) is 2. The molecule has 8 heteroatoms. The molecule has 3 fully saturated rings. The molecule has 0 radical (unpaired) electrons. The van der Waals surface area contributed by atoms with Gasteiger partial charge in [-0.3, -0.25) is 4.90 Å². The first-order valence-corrected chi connectivity index (χ1v) is 11.8. The van der Waals surface area contributed by atoms with Crippen LogP contribution >= 0.6 is 0 Å². The van der Waals surface area contributed by atoms with E-state index in [1.165, 1.54) is 0 Å². The van der Waals surface area contributed by atoms with E-state index in [-0.39, 0.29) is 18.0 Å². The van der Waals surface area contributed by atoms with Gasteiger partial charge in [0.25, 0.3) is 0 Å². The minimum absolute atomic E-state index is 0.0174. The summed E-state index contributed by atoms with van der Waals surface area (Å²) in [4.78, 5) is 4.21. The Morgan fingerprint density at radius 3 is 2.54 bits per heavy atom. The van der Waals surface area contributed by atoms with Gasteiger partial charge in [-0.2, -0.15) is 0 Å². The Labute approximate surface area is 157 Å². The Hall–Kier alpha value is -0.250. The molecule has 3 rings (SSSR count). The molecule has 7 nitrogen and oxygen atoms in total. The molecule has 152 valence electrons. The Kier molecular flexibility index (Phi) is 7.32. The SMILES string of the molecule is O=S(=O)(CC1CCCO1)C1C(O)CCCN1CCCN1CCCC(O)C1. The third kappa shape index (κ3) is 5.39. The average molecular weight is 391 g/mol. The number of ether oxygens (including phenoxy) is 1. The van der Waals surface area contributed by atoms with Crippen LogP contribution < -0.4 is 0 Å². The highest BCUT2D eigenvalue weighted by molar-refractivity contribution is 7.92. The topological polar surface area (TPSA) is 90.3 Å². The van der Waals surface area contributed by atoms with Crippen LogP contribution in [0, 0.1) is 0 Å². The maximum atomic E-state index is 12.9. The lowest BCUT2D eigenvalue weighted by Crippen LogP contribution is -2.54. The normalized spacial score (nSPS) is 35.0. The second-order valence-corrected chi connectivity index (χ2v) is 10.2. The van der Waals surface area contributed by atoms with Crippen molar-refractivity contribution in [3.63, 3.8) is 0 Å². The minimum Gasteiger partial charge on any atom is -0.392 e. The molecule has 0 aliphatic carbocycles. The number of piperidine rings is 2. The van der Waals surface area contributed by atoms with E-state index in [4.69, 9.17) is 4.74 Å². The fraction of sp³-hybridized carbons (Fsp3) is 1.00. The third-order valence-corrected chi connectivity index (χ3v) is 8.03. The van der Waals surface area contributed by atoms with Crippen LogP contribution in [0.5, 0.6) is 0 Å². The van der Waals surface area contributed by atoms with E-state index in [1.807, 2.05) is 4.90 Å². The zero-order chi connectivity index (χ0) is 18.6. The predicted molar refractivity (Wildman–Crippen MR) is 99.7 cm³/mol. The summed E-state index contributed by atoms with van der Waals surface area (Å²) in [7, 11) is -3.43. The number of hydrogen-bond acceptors (Lipinski definition) is 7. The molecule has 2 N–H and O–H groups in total. The van der Waals surface area contributed by atoms with Crippen LogP contribution in [0.2, 0.25) is 0 Å². The van der Waals surface area contributed by atoms with Crippen molar-refractivity contribution in [1.82, 2.24) is 9.80 Å². The molecule has 0 bridgehead atoms. The first-order chi connectivity index (χ1) is 12.5. The Morgan fingerprint density at radius 2 is 1.81 bits per heavy atom. The van der Waals surface area contributed by atoms with Gasteiger partial charge in [0.1, 0.15) is 5.37 Å². The number of likely N-dealkylation sites (tertiary alicyclic amines) is 2. The molecular formula is C18H34N2O5S. The van der Waals surface area contributed by atoms with Crippen LogP contribution in [0.4, 0.5) is 0 Å². The van der Waals surface area contributed by atoms with Crippen molar-refractivity contribution < 1.29 is 23.4 Å². The van der Waals surface area contributed by atoms with Crippen LogP contribution in [-0.4, -0.2) is 97.2 Å². The molecule has 0 spiro atoms. The van der Waals surface area contributed by atoms with Gasteiger partial charge in [0.05, 0.1) is 24.1 Å². The molecule has 3 saturated heterocycles. The maximum Gasteiger partial charge on any atom is 0.171 e. The zero-order valence-corrected chi connectivity index (χ0v) is 16.4. The van der Waals surface area contributed by atoms with Gasteiger partial charge in [-0.15, -0.1) is 0 Å². The summed E-state index contributed by atoms with van der Waals surface area (Å²) in [5, 5.41) is 19.4. The fourth-order valence-electron chi connectivity index (χ4n) is 4.59. The molecule has 3 aliphatic rings. The van der Waals surface area contributed by atoms with Gasteiger partial charge < -0.3 is 19.8 Å². The van der Waals surface area contributed by atoms with Crippen molar-refractivity contribution in [2.45, 2.75) is 68.6 Å². The van der Waals surface area contributed by atoms with E-state index in [0.717, 1.165) is 58.2 Å². The molecule has 0 aromatic rings. The molecular weight excluding hydrogens is 356 g/mol. The highest BCUT2D eigenvalue weighted by atomic mass is 32.2. The monoisotopic (exact) mass is 390 g/mol. The summed E-state index contributed by atoms with van der Waals surface area (Å²) in [6.07, 6.45) is 4.56. The Morgan fingerprint density at radius 1 is 1.00 bits per heavy atom. The second-order valence-electron chi connectivity index (χ2n) is 8.05. The quantitative estimate of drug-likeness (QED) is 0.642. The van der Waals surface area contributed by atoms with Crippen molar-refractivity contribution in [2.75, 3.05) is 45.1 Å². The van der Waals surface area contributed by atoms with Gasteiger partial charge in [0.15, 0.2) is 9.84 Å². The summed E-state index contributed by atoms with van der Waals surface area (Å²) in [5.74, 6) is 0.0174. The van der Waals surface area contributed by atoms with E-state index in [9.17, 15) is 18.6 Å². The Bertz CT molecular complexity index is 538. The van der Waals surface area contributed by atoms with Crippen molar-refractivity contribution >= 4 is 9.84 Å². The van der Waals surface area contributed by atoms with Gasteiger partial charge >= 0.3 is 0 Å². The number of rotatable bonds is 7. The van der Waals surface area contributed by atoms with Gasteiger partial charge in [-0.05, 0) is 64.6 Å². The second kappa shape index (κ2) is 9.30. The van der Waals surface area contributed by atoms with Gasteiger partial charge in [0, 0.05) is 19.7 Å². The smallest absolute Gasteiger partial charge is 0.171 e. The van der Waals surface area contributed by atoms with Crippen molar-refractivity contribution in [3.8, 4) is 0 Å². The van der Waals surface area contributed by atoms with E-state index in [1.54, 1.807) is 0 Å². The fourth-order valence-corrected chi connectivity index (χ4v) is 6.85. The lowest BCUT2D eigenvalue weighted by Gasteiger charge is -2.39. The molecule has 0 aromatic heterocycles. The third-order valence-electron chi connectivity index (χ3n) is 5.84. The maximum absolute atomic E-state index is 12.9. The first kappa shape index (κ1) is 20.5. The average Bonchev–Trinajstić information content (AvgIpc) is 3.07. The van der Waals surface area contributed by atoms with E-state index >= 15 is 0 Å². The summed E-state index contributed by atoms with van der Waals surface area (Å²) in [5.41, 5.74) is 0. The van der Waals surface area contributed by atoms with Crippen molar-refractivity contribution in [1.29, 1.82) is 0 Å². The van der Waals surface area contributed by atoms with E-state index < -0.39 is 21.3 Å². The predicted octanol–water partition coefficient (Wildman–Crippen LogP) is 0.210. The summed E-state index contributed by atoms with van der Waals surface area (Å²) in [6.45, 7) is 4.60. The zero-order valence-electron chi connectivity index (χ0n) is 15.6. The molecule has 3 heterocycles. The van der Waals surface area contributed by atoms with E-state index in [2.05, 4.69) is 4.90 Å². The summed E-state index contributed by atoms with van der Waals surface area (Å²) >= 11 is 0. The van der Waals surface area contributed by atoms with Crippen LogP contribution in [-0.2, 0) is 14.6 Å². The lowest BCUT2D eigenvalue weighted by atomic mass is 10.1. The van der Waals surface area contributed by atoms with Crippen LogP contribution in [0.25, 0.3) is 0 Å². The molecule has 26 heavy (non-hydrogen) atoms. The number of sulfone groups is 1. The number of aliphatic hydroxyl groups is 2. The van der Waals surface area contributed by atoms with Gasteiger partial charge in [-0.25, -0.2) is 8.42 Å². The minimum atomic E-state index is -3.43. The molecule has 4 atom stereocenters. The molecule has 0 saturated carbocycles. The van der Waals surface area contributed by atoms with Crippen molar-refractivity contribution in [3.05, 3.63) is 0 Å². The summed E-state index contributed by atoms with van der Waals surface area (Å²) < 4.78 is 31.4. The standard InChI is InChI=1S/C18H34N2O5S/c21-15-5-1-8-19(13-15)9-4-11-20-10-2-7-17(22)18(20)26(23,24)14-16-6-3-12-25-16/h15-18,21-22H,1-14H2. The first-order valence-electron chi connectivity index (χ1n) is 10.1. The molecule has 0 amide bonds. The van der Waals surface area contributed by atoms with Gasteiger partial charge in [-0.1, -0.05) is 0 Å². The molecule has 3 aliphatic heterocycles. The number of hydrogen-bond donors (Lipinski definition) is 2. The van der Waals surface area contributed by atoms with Crippen LogP contribution in [0.15, 0.2) is 0 Å². The van der Waals surface area contributed by atoms with E-state index in [0.29, 0.717) is 26.1 Å². The van der Waals surface area contributed by atoms with Crippen LogP contribution in [0.3, 0.4) is 0 Å². The highest BCUT2D eigenvalue weighted by Crippen LogP contribution is 2.26. The highest BCUT2D eigenvalue weighted by Gasteiger charge is 2.41. The number of aliphatic hydroxyl groups excluding tert-OH is 2. The van der Waals surface area contributed by atoms with Gasteiger partial charge in [0.2, 0.25) is 0 Å². The molecule has 4 unspecified atom stereocenters. The van der Waals surface area contributed by atoms with Crippen LogP contribution in [0.1, 0.15) is 44.9 Å². The summed E-state index contributed by atoms with van der Waals surface area (Å²) in [6, 6.07) is 0. The number of β-amino-alcohol motifs (C(OH)–C–C–N with tert-alkyl or cyclic N) is 1. The van der Waals surface area contributed by atoms with Crippen molar-refractivity contribution in [2.24, 2.45) is 0 Å². The largest absolute Gasteiger partial charge is 0.392 e. The Balaban J connectivity index is 1.55.